The van der Waals surface area contributed by atoms with E-state index in [4.69, 9.17) is 0 Å². The van der Waals surface area contributed by atoms with Crippen LogP contribution in [0.3, 0.4) is 0 Å². The van der Waals surface area contributed by atoms with Crippen molar-refractivity contribution in [2.45, 2.75) is 25.3 Å². The molecule has 0 spiro atoms. The van der Waals surface area contributed by atoms with Gasteiger partial charge in [-0.3, -0.25) is 10.1 Å². The van der Waals surface area contributed by atoms with Crippen molar-refractivity contribution in [3.05, 3.63) is 54.1 Å². The number of hydrogen-bond acceptors (Lipinski definition) is 4. The highest BCUT2D eigenvalue weighted by Crippen LogP contribution is 2.25. The van der Waals surface area contributed by atoms with Crippen LogP contribution in [0.2, 0.25) is 0 Å². The van der Waals surface area contributed by atoms with Gasteiger partial charge < -0.3 is 15.1 Å². The zero-order chi connectivity index (χ0) is 18.5. The second kappa shape index (κ2) is 8.24. The second-order valence-electron chi connectivity index (χ2n) is 7.08. The second-order valence-corrected chi connectivity index (χ2v) is 7.08. The van der Waals surface area contributed by atoms with Crippen LogP contribution in [-0.4, -0.2) is 59.3 Å². The number of aromatic nitrogens is 3. The monoisotopic (exact) mass is 365 g/mol. The van der Waals surface area contributed by atoms with Crippen molar-refractivity contribution in [3.63, 3.8) is 0 Å². The van der Waals surface area contributed by atoms with E-state index in [1.165, 1.54) is 11.3 Å². The molecule has 1 aromatic carbocycles. The van der Waals surface area contributed by atoms with Crippen LogP contribution < -0.4 is 10.2 Å². The minimum atomic E-state index is 0.465. The lowest BCUT2D eigenvalue weighted by Crippen LogP contribution is -2.45. The molecule has 0 saturated carbocycles. The standard InChI is InChI=1S/C20H27N7/c1-21-20(27-11-7-17(8-12-27)19-23-15-24-25-19)22-14-16-5-4-6-18(13-16)26-9-2-3-10-26/h2-6,13,15,17H,7-12,14H2,1H3,(H,21,22)(H,23,24,25). The Hall–Kier alpha value is -2.83. The fraction of sp³-hybridized carbons (Fsp3) is 0.450. The maximum Gasteiger partial charge on any atom is 0.193 e. The maximum absolute atomic E-state index is 4.49. The lowest BCUT2D eigenvalue weighted by Gasteiger charge is -2.33. The maximum atomic E-state index is 4.49. The minimum absolute atomic E-state index is 0.465. The van der Waals surface area contributed by atoms with Gasteiger partial charge in [0.15, 0.2) is 5.96 Å². The van der Waals surface area contributed by atoms with E-state index >= 15 is 0 Å². The summed E-state index contributed by atoms with van der Waals surface area (Å²) in [6.45, 7) is 4.73. The number of rotatable bonds is 4. The van der Waals surface area contributed by atoms with Gasteiger partial charge in [0.2, 0.25) is 0 Å². The molecule has 27 heavy (non-hydrogen) atoms. The Morgan fingerprint density at radius 1 is 1.26 bits per heavy atom. The number of guanidine groups is 1. The molecule has 2 aliphatic heterocycles. The topological polar surface area (TPSA) is 72.4 Å². The van der Waals surface area contributed by atoms with Crippen LogP contribution >= 0.6 is 0 Å². The highest BCUT2D eigenvalue weighted by Gasteiger charge is 2.24. The molecule has 0 unspecified atom stereocenters. The third kappa shape index (κ3) is 4.13. The normalized spacial score (nSPS) is 18.3. The number of nitrogens with one attached hydrogen (secondary N) is 2. The number of anilines is 1. The summed E-state index contributed by atoms with van der Waals surface area (Å²) in [5.41, 5.74) is 2.55. The quantitative estimate of drug-likeness (QED) is 0.493. The fourth-order valence-corrected chi connectivity index (χ4v) is 3.84. The Morgan fingerprint density at radius 3 is 2.78 bits per heavy atom. The molecule has 3 heterocycles. The number of H-pyrrole nitrogens is 1. The average molecular weight is 365 g/mol. The lowest BCUT2D eigenvalue weighted by molar-refractivity contribution is 0.299. The Balaban J connectivity index is 1.31. The highest BCUT2D eigenvalue weighted by atomic mass is 15.3. The summed E-state index contributed by atoms with van der Waals surface area (Å²) in [4.78, 5) is 13.5. The van der Waals surface area contributed by atoms with E-state index in [2.05, 4.69) is 71.7 Å². The van der Waals surface area contributed by atoms with Gasteiger partial charge in [0, 0.05) is 51.4 Å². The van der Waals surface area contributed by atoms with Crippen molar-refractivity contribution in [2.75, 3.05) is 38.1 Å². The molecule has 7 nitrogen and oxygen atoms in total. The molecular weight excluding hydrogens is 338 g/mol. The van der Waals surface area contributed by atoms with Crippen LogP contribution in [0.15, 0.2) is 47.7 Å². The summed E-state index contributed by atoms with van der Waals surface area (Å²) in [7, 11) is 1.86. The number of nitrogens with zero attached hydrogens (tertiary/aromatic N) is 5. The summed E-state index contributed by atoms with van der Waals surface area (Å²) < 4.78 is 0. The zero-order valence-electron chi connectivity index (χ0n) is 15.8. The first-order valence-corrected chi connectivity index (χ1v) is 9.63. The number of aromatic amines is 1. The molecule has 2 aromatic rings. The number of benzene rings is 1. The molecule has 0 aliphatic carbocycles. The molecule has 1 saturated heterocycles. The third-order valence-electron chi connectivity index (χ3n) is 5.37. The van der Waals surface area contributed by atoms with Crippen molar-refractivity contribution >= 4 is 11.6 Å². The van der Waals surface area contributed by atoms with Gasteiger partial charge in [-0.15, -0.1) is 0 Å². The Labute approximate surface area is 160 Å². The Kier molecular flexibility index (Phi) is 5.37. The lowest BCUT2D eigenvalue weighted by atomic mass is 9.96. The van der Waals surface area contributed by atoms with E-state index < -0.39 is 0 Å². The molecular formula is C20H27N7. The molecule has 4 rings (SSSR count). The number of likely N-dealkylation sites (tertiary alicyclic amines) is 1. The molecule has 0 radical (unpaired) electrons. The van der Waals surface area contributed by atoms with Gasteiger partial charge in [0.05, 0.1) is 0 Å². The van der Waals surface area contributed by atoms with Gasteiger partial charge in [0.1, 0.15) is 12.2 Å². The predicted octanol–water partition coefficient (Wildman–Crippen LogP) is 2.14. The van der Waals surface area contributed by atoms with E-state index in [9.17, 15) is 0 Å². The van der Waals surface area contributed by atoms with E-state index in [1.54, 1.807) is 6.33 Å². The largest absolute Gasteiger partial charge is 0.364 e. The van der Waals surface area contributed by atoms with Gasteiger partial charge in [0.25, 0.3) is 0 Å². The first-order valence-electron chi connectivity index (χ1n) is 9.63. The van der Waals surface area contributed by atoms with E-state index in [-0.39, 0.29) is 0 Å². The van der Waals surface area contributed by atoms with Crippen molar-refractivity contribution in [3.8, 4) is 0 Å². The van der Waals surface area contributed by atoms with Crippen LogP contribution in [0.4, 0.5) is 5.69 Å². The molecule has 0 amide bonds. The Morgan fingerprint density at radius 2 is 2.07 bits per heavy atom. The zero-order valence-corrected chi connectivity index (χ0v) is 15.8. The number of hydrogen-bond donors (Lipinski definition) is 2. The predicted molar refractivity (Wildman–Crippen MR) is 108 cm³/mol. The summed E-state index contributed by atoms with van der Waals surface area (Å²) in [5, 5.41) is 10.5. The molecule has 1 aromatic heterocycles. The van der Waals surface area contributed by atoms with Crippen LogP contribution in [-0.2, 0) is 6.54 Å². The van der Waals surface area contributed by atoms with Gasteiger partial charge >= 0.3 is 0 Å². The van der Waals surface area contributed by atoms with E-state index in [1.807, 2.05) is 7.05 Å². The van der Waals surface area contributed by atoms with Crippen LogP contribution in [0, 0.1) is 0 Å². The summed E-state index contributed by atoms with van der Waals surface area (Å²) in [6, 6.07) is 8.75. The fourth-order valence-electron chi connectivity index (χ4n) is 3.84. The van der Waals surface area contributed by atoms with Crippen molar-refractivity contribution < 1.29 is 0 Å². The smallest absolute Gasteiger partial charge is 0.193 e. The molecule has 1 fully saturated rings. The van der Waals surface area contributed by atoms with E-state index in [0.29, 0.717) is 5.92 Å². The molecule has 0 atom stereocenters. The molecule has 2 aliphatic rings. The molecule has 142 valence electrons. The van der Waals surface area contributed by atoms with Gasteiger partial charge in [-0.25, -0.2) is 4.98 Å². The van der Waals surface area contributed by atoms with Crippen molar-refractivity contribution in [1.29, 1.82) is 0 Å². The minimum Gasteiger partial charge on any atom is -0.364 e. The third-order valence-corrected chi connectivity index (χ3v) is 5.37. The van der Waals surface area contributed by atoms with Crippen molar-refractivity contribution in [2.24, 2.45) is 4.99 Å². The SMILES string of the molecule is CN=C(NCc1cccc(N2CC=CC2)c1)N1CCC(c2ncn[nH]2)CC1. The van der Waals surface area contributed by atoms with Crippen molar-refractivity contribution in [1.82, 2.24) is 25.4 Å². The Bertz CT molecular complexity index is 780. The summed E-state index contributed by atoms with van der Waals surface area (Å²) in [5.74, 6) is 2.44. The first kappa shape index (κ1) is 17.6. The van der Waals surface area contributed by atoms with Gasteiger partial charge in [-0.1, -0.05) is 24.3 Å². The van der Waals surface area contributed by atoms with E-state index in [0.717, 1.165) is 57.3 Å². The number of aliphatic imine (C=N–C) groups is 1. The average Bonchev–Trinajstić information content (AvgIpc) is 3.43. The highest BCUT2D eigenvalue weighted by molar-refractivity contribution is 5.80. The van der Waals surface area contributed by atoms with Crippen LogP contribution in [0.25, 0.3) is 0 Å². The van der Waals surface area contributed by atoms with Crippen LogP contribution in [0.5, 0.6) is 0 Å². The number of piperidine rings is 1. The summed E-state index contributed by atoms with van der Waals surface area (Å²) in [6.07, 6.45) is 8.15. The first-order chi connectivity index (χ1) is 13.3. The van der Waals surface area contributed by atoms with Gasteiger partial charge in [-0.05, 0) is 30.5 Å². The molecule has 0 bridgehead atoms. The molecule has 7 heteroatoms. The van der Waals surface area contributed by atoms with Crippen LogP contribution in [0.1, 0.15) is 30.1 Å². The summed E-state index contributed by atoms with van der Waals surface area (Å²) >= 11 is 0. The van der Waals surface area contributed by atoms with Gasteiger partial charge in [-0.2, -0.15) is 5.10 Å². The molecule has 2 N–H and O–H groups in total.